The van der Waals surface area contributed by atoms with E-state index in [1.54, 1.807) is 18.2 Å². The van der Waals surface area contributed by atoms with E-state index in [1.165, 1.54) is 28.8 Å². The number of amides is 1. The van der Waals surface area contributed by atoms with Crippen LogP contribution in [-0.2, 0) is 11.3 Å². The minimum Gasteiger partial charge on any atom is -0.325 e. The first-order valence-corrected chi connectivity index (χ1v) is 10.0. The van der Waals surface area contributed by atoms with E-state index in [4.69, 9.17) is 0 Å². The fourth-order valence-corrected chi connectivity index (χ4v) is 3.78. The number of benzene rings is 2. The van der Waals surface area contributed by atoms with Gasteiger partial charge in [-0.25, -0.2) is 4.98 Å². The van der Waals surface area contributed by atoms with Crippen molar-refractivity contribution >= 4 is 55.9 Å². The molecule has 0 aliphatic rings. The summed E-state index contributed by atoms with van der Waals surface area (Å²) < 4.78 is 2.32. The first kappa shape index (κ1) is 20.0. The van der Waals surface area contributed by atoms with Crippen molar-refractivity contribution in [2.75, 3.05) is 11.1 Å². The highest BCUT2D eigenvalue weighted by atomic mass is 79.9. The number of thioether (sulfide) groups is 1. The van der Waals surface area contributed by atoms with Gasteiger partial charge in [-0.15, -0.1) is 0 Å². The van der Waals surface area contributed by atoms with Crippen LogP contribution in [0.15, 0.2) is 56.9 Å². The zero-order valence-electron chi connectivity index (χ0n) is 14.7. The molecule has 0 fully saturated rings. The van der Waals surface area contributed by atoms with Gasteiger partial charge in [0.25, 0.3) is 11.2 Å². The number of fused-ring (bicyclic) bond motifs is 1. The van der Waals surface area contributed by atoms with E-state index in [-0.39, 0.29) is 22.9 Å². The highest BCUT2D eigenvalue weighted by molar-refractivity contribution is 9.10. The third-order valence-corrected chi connectivity index (χ3v) is 5.36. The van der Waals surface area contributed by atoms with Crippen LogP contribution in [0.25, 0.3) is 10.9 Å². The van der Waals surface area contributed by atoms with Gasteiger partial charge in [0, 0.05) is 28.8 Å². The van der Waals surface area contributed by atoms with Crippen LogP contribution in [0.4, 0.5) is 11.4 Å². The summed E-state index contributed by atoms with van der Waals surface area (Å²) in [6, 6.07) is 10.9. The molecule has 1 N–H and O–H groups in total. The molecule has 144 valence electrons. The Balaban J connectivity index is 1.75. The zero-order valence-corrected chi connectivity index (χ0v) is 17.1. The van der Waals surface area contributed by atoms with Crippen LogP contribution in [0, 0.1) is 10.1 Å². The van der Waals surface area contributed by atoms with Crippen molar-refractivity contribution in [3.05, 3.63) is 67.4 Å². The predicted octanol–water partition coefficient (Wildman–Crippen LogP) is 3.82. The van der Waals surface area contributed by atoms with Crippen molar-refractivity contribution in [2.45, 2.75) is 18.6 Å². The monoisotopic (exact) mass is 462 g/mol. The maximum atomic E-state index is 12.7. The Labute approximate surface area is 172 Å². The molecule has 2 aromatic carbocycles. The Kier molecular flexibility index (Phi) is 6.10. The summed E-state index contributed by atoms with van der Waals surface area (Å²) >= 11 is 4.51. The molecular weight excluding hydrogens is 448 g/mol. The molecule has 1 amide bonds. The molecule has 10 heteroatoms. The molecule has 1 heterocycles. The van der Waals surface area contributed by atoms with Crippen molar-refractivity contribution < 1.29 is 9.72 Å². The second-order valence-corrected chi connectivity index (χ2v) is 7.60. The average molecular weight is 463 g/mol. The van der Waals surface area contributed by atoms with E-state index in [1.807, 2.05) is 6.92 Å². The number of nitrogens with one attached hydrogen (secondary N) is 1. The van der Waals surface area contributed by atoms with Crippen molar-refractivity contribution in [3.8, 4) is 0 Å². The Hall–Kier alpha value is -2.72. The van der Waals surface area contributed by atoms with Crippen LogP contribution in [0.1, 0.15) is 6.92 Å². The predicted molar refractivity (Wildman–Crippen MR) is 112 cm³/mol. The molecule has 0 saturated carbocycles. The van der Waals surface area contributed by atoms with E-state index in [2.05, 4.69) is 26.2 Å². The maximum Gasteiger partial charge on any atom is 0.269 e. The second kappa shape index (κ2) is 8.53. The SMILES string of the molecule is CCn1c(SCC(=O)Nc2ccc([N+](=O)[O-])cc2)nc2ccc(Br)cc2c1=O. The van der Waals surface area contributed by atoms with E-state index in [0.29, 0.717) is 28.3 Å². The molecule has 8 nitrogen and oxygen atoms in total. The topological polar surface area (TPSA) is 107 Å². The largest absolute Gasteiger partial charge is 0.325 e. The molecular formula is C18H15BrN4O4S. The number of hydrogen-bond acceptors (Lipinski definition) is 6. The molecule has 0 unspecified atom stereocenters. The average Bonchev–Trinajstić information content (AvgIpc) is 2.67. The van der Waals surface area contributed by atoms with Gasteiger partial charge in [-0.2, -0.15) is 0 Å². The molecule has 3 rings (SSSR count). The number of rotatable bonds is 6. The normalized spacial score (nSPS) is 10.8. The van der Waals surface area contributed by atoms with Crippen molar-refractivity contribution in [1.82, 2.24) is 9.55 Å². The van der Waals surface area contributed by atoms with Crippen LogP contribution in [0.3, 0.4) is 0 Å². The molecule has 28 heavy (non-hydrogen) atoms. The Bertz CT molecular complexity index is 1120. The standard InChI is InChI=1S/C18H15BrN4O4S/c1-2-22-17(25)14-9-11(19)3-8-15(14)21-18(22)28-10-16(24)20-12-4-6-13(7-5-12)23(26)27/h3-9H,2,10H2,1H3,(H,20,24). The van der Waals surface area contributed by atoms with E-state index in [0.717, 1.165) is 16.2 Å². The van der Waals surface area contributed by atoms with Gasteiger partial charge in [0.05, 0.1) is 21.6 Å². The van der Waals surface area contributed by atoms with E-state index >= 15 is 0 Å². The lowest BCUT2D eigenvalue weighted by Crippen LogP contribution is -2.23. The lowest BCUT2D eigenvalue weighted by molar-refractivity contribution is -0.384. The Morgan fingerprint density at radius 3 is 2.64 bits per heavy atom. The summed E-state index contributed by atoms with van der Waals surface area (Å²) in [5.41, 5.74) is 0.815. The van der Waals surface area contributed by atoms with Gasteiger partial charge in [-0.3, -0.25) is 24.3 Å². The number of non-ortho nitro benzene ring substituents is 1. The molecule has 0 spiro atoms. The van der Waals surface area contributed by atoms with Gasteiger partial charge in [0.1, 0.15) is 0 Å². The van der Waals surface area contributed by atoms with Crippen LogP contribution in [0.5, 0.6) is 0 Å². The Morgan fingerprint density at radius 1 is 1.29 bits per heavy atom. The minimum absolute atomic E-state index is 0.0471. The van der Waals surface area contributed by atoms with E-state index in [9.17, 15) is 19.7 Å². The number of nitro groups is 1. The van der Waals surface area contributed by atoms with Gasteiger partial charge in [-0.05, 0) is 37.3 Å². The highest BCUT2D eigenvalue weighted by Crippen LogP contribution is 2.21. The van der Waals surface area contributed by atoms with Crippen molar-refractivity contribution in [1.29, 1.82) is 0 Å². The molecule has 0 radical (unpaired) electrons. The molecule has 0 aliphatic carbocycles. The first-order valence-electron chi connectivity index (χ1n) is 8.26. The lowest BCUT2D eigenvalue weighted by atomic mass is 10.2. The fraction of sp³-hybridized carbons (Fsp3) is 0.167. The number of anilines is 1. The van der Waals surface area contributed by atoms with Crippen LogP contribution < -0.4 is 10.9 Å². The zero-order chi connectivity index (χ0) is 20.3. The molecule has 0 atom stereocenters. The minimum atomic E-state index is -0.505. The molecule has 0 bridgehead atoms. The number of carbonyl (C=O) groups excluding carboxylic acids is 1. The second-order valence-electron chi connectivity index (χ2n) is 5.75. The van der Waals surface area contributed by atoms with Gasteiger partial charge in [-0.1, -0.05) is 27.7 Å². The molecule has 3 aromatic rings. The third-order valence-electron chi connectivity index (χ3n) is 3.89. The van der Waals surface area contributed by atoms with Crippen LogP contribution >= 0.6 is 27.7 Å². The van der Waals surface area contributed by atoms with Gasteiger partial charge in [0.2, 0.25) is 5.91 Å². The highest BCUT2D eigenvalue weighted by Gasteiger charge is 2.13. The van der Waals surface area contributed by atoms with Gasteiger partial charge in [0.15, 0.2) is 5.16 Å². The Morgan fingerprint density at radius 2 is 2.00 bits per heavy atom. The molecule has 1 aromatic heterocycles. The van der Waals surface area contributed by atoms with E-state index < -0.39 is 4.92 Å². The van der Waals surface area contributed by atoms with Crippen molar-refractivity contribution in [2.24, 2.45) is 0 Å². The van der Waals surface area contributed by atoms with Crippen molar-refractivity contribution in [3.63, 3.8) is 0 Å². The summed E-state index contributed by atoms with van der Waals surface area (Å²) in [4.78, 5) is 39.6. The fourth-order valence-electron chi connectivity index (χ4n) is 2.56. The number of nitrogens with zero attached hydrogens (tertiary/aromatic N) is 3. The number of nitro benzene ring substituents is 1. The summed E-state index contributed by atoms with van der Waals surface area (Å²) in [5, 5.41) is 14.3. The quantitative estimate of drug-likeness (QED) is 0.258. The van der Waals surface area contributed by atoms with Gasteiger partial charge >= 0.3 is 0 Å². The number of halogens is 1. The third kappa shape index (κ3) is 4.39. The smallest absolute Gasteiger partial charge is 0.269 e. The number of carbonyl (C=O) groups is 1. The summed E-state index contributed by atoms with van der Waals surface area (Å²) in [5.74, 6) is -0.252. The maximum absolute atomic E-state index is 12.7. The van der Waals surface area contributed by atoms with Gasteiger partial charge < -0.3 is 5.32 Å². The molecule has 0 saturated heterocycles. The molecule has 0 aliphatic heterocycles. The summed E-state index contributed by atoms with van der Waals surface area (Å²) in [6.45, 7) is 2.27. The summed E-state index contributed by atoms with van der Waals surface area (Å²) in [7, 11) is 0. The summed E-state index contributed by atoms with van der Waals surface area (Å²) in [6.07, 6.45) is 0. The lowest BCUT2D eigenvalue weighted by Gasteiger charge is -2.11. The van der Waals surface area contributed by atoms with Crippen LogP contribution in [0.2, 0.25) is 0 Å². The van der Waals surface area contributed by atoms with Crippen LogP contribution in [-0.4, -0.2) is 26.1 Å². The number of aromatic nitrogens is 2. The first-order chi connectivity index (χ1) is 13.4. The number of hydrogen-bond donors (Lipinski definition) is 1.